The summed E-state index contributed by atoms with van der Waals surface area (Å²) >= 11 is 0. The van der Waals surface area contributed by atoms with Gasteiger partial charge in [-0.2, -0.15) is 18.1 Å². The van der Waals surface area contributed by atoms with Crippen molar-refractivity contribution in [3.8, 4) is 0 Å². The fourth-order valence-electron chi connectivity index (χ4n) is 3.48. The van der Waals surface area contributed by atoms with E-state index in [4.69, 9.17) is 14.2 Å². The van der Waals surface area contributed by atoms with E-state index >= 15 is 0 Å². The summed E-state index contributed by atoms with van der Waals surface area (Å²) in [6.45, 7) is 10.3. The van der Waals surface area contributed by atoms with Gasteiger partial charge in [0, 0.05) is 5.41 Å². The van der Waals surface area contributed by atoms with Gasteiger partial charge in [-0.05, 0) is 66.2 Å². The van der Waals surface area contributed by atoms with E-state index in [0.717, 1.165) is 7.11 Å². The molecule has 1 aromatic heterocycles. The molecule has 1 aliphatic rings. The van der Waals surface area contributed by atoms with Gasteiger partial charge >= 0.3 is 24.3 Å². The molecule has 1 atom stereocenters. The Morgan fingerprint density at radius 1 is 1.03 bits per heavy atom. The van der Waals surface area contributed by atoms with E-state index in [9.17, 15) is 32.7 Å². The molecule has 1 heterocycles. The largest absolute Gasteiger partial charge is 0.508 e. The van der Waals surface area contributed by atoms with Crippen molar-refractivity contribution in [2.45, 2.75) is 77.7 Å². The molecule has 37 heavy (non-hydrogen) atoms. The number of amides is 2. The fraction of sp³-hybridized carbons (Fsp3) is 0.520. The molecule has 0 spiro atoms. The summed E-state index contributed by atoms with van der Waals surface area (Å²) in [7, 11) is 0.965. The lowest BCUT2D eigenvalue weighted by molar-refractivity contribution is -0.139. The maximum Gasteiger partial charge on any atom is 0.424 e. The highest BCUT2D eigenvalue weighted by Crippen LogP contribution is 2.43. The van der Waals surface area contributed by atoms with Gasteiger partial charge in [-0.25, -0.2) is 19.4 Å². The highest BCUT2D eigenvalue weighted by Gasteiger charge is 2.45. The van der Waals surface area contributed by atoms with Crippen LogP contribution >= 0.6 is 0 Å². The van der Waals surface area contributed by atoms with E-state index in [1.54, 1.807) is 0 Å². The van der Waals surface area contributed by atoms with Gasteiger partial charge in [0.15, 0.2) is 5.69 Å². The zero-order valence-electron chi connectivity index (χ0n) is 21.9. The number of hydrogen-bond donors (Lipinski definition) is 1. The van der Waals surface area contributed by atoms with E-state index < -0.39 is 63.6 Å². The second-order valence-electron chi connectivity index (χ2n) is 10.6. The Hall–Kier alpha value is -3.57. The second kappa shape index (κ2) is 10.1. The normalized spacial score (nSPS) is 18.1. The summed E-state index contributed by atoms with van der Waals surface area (Å²) in [6, 6.07) is 0.455. The molecular formula is C25H31F3N2O7. The number of allylic oxidation sites excluding steroid dienone is 3. The van der Waals surface area contributed by atoms with Gasteiger partial charge in [0.05, 0.1) is 24.1 Å². The molecule has 2 rings (SSSR count). The summed E-state index contributed by atoms with van der Waals surface area (Å²) in [5.74, 6) is -1.51. The molecule has 1 N–H and O–H groups in total. The van der Waals surface area contributed by atoms with Crippen LogP contribution in [0.5, 0.6) is 0 Å². The number of pyridine rings is 1. The molecular weight excluding hydrogens is 497 g/mol. The zero-order valence-corrected chi connectivity index (χ0v) is 21.9. The van der Waals surface area contributed by atoms with Gasteiger partial charge < -0.3 is 19.3 Å². The Morgan fingerprint density at radius 2 is 1.54 bits per heavy atom. The Balaban J connectivity index is 2.94. The number of imide groups is 1. The van der Waals surface area contributed by atoms with Crippen molar-refractivity contribution in [3.63, 3.8) is 0 Å². The number of halogens is 3. The lowest BCUT2D eigenvalue weighted by Gasteiger charge is -2.32. The van der Waals surface area contributed by atoms with Crippen LogP contribution in [0.15, 0.2) is 30.1 Å². The number of ether oxygens (including phenoxy) is 3. The van der Waals surface area contributed by atoms with Crippen LogP contribution in [-0.4, -0.2) is 46.6 Å². The Kier molecular flexibility index (Phi) is 8.06. The smallest absolute Gasteiger partial charge is 0.424 e. The lowest BCUT2D eigenvalue weighted by Crippen LogP contribution is -2.45. The van der Waals surface area contributed by atoms with Crippen LogP contribution in [0.3, 0.4) is 0 Å². The number of carbonyl (C=O) groups excluding carboxylic acids is 3. The minimum atomic E-state index is -5.03. The number of aliphatic hydroxyl groups is 1. The van der Waals surface area contributed by atoms with Gasteiger partial charge in [-0.15, -0.1) is 0 Å². The minimum Gasteiger partial charge on any atom is -0.508 e. The van der Waals surface area contributed by atoms with Crippen LogP contribution in [0.1, 0.15) is 76.6 Å². The van der Waals surface area contributed by atoms with Gasteiger partial charge in [0.25, 0.3) is 0 Å². The first kappa shape index (κ1) is 29.7. The fourth-order valence-corrected chi connectivity index (χ4v) is 3.48. The zero-order chi connectivity index (χ0) is 28.6. The number of carbonyl (C=O) groups is 3. The molecule has 0 saturated carbocycles. The molecule has 0 aromatic carbocycles. The molecule has 2 amide bonds. The minimum absolute atomic E-state index is 0.00887. The maximum absolute atomic E-state index is 14.4. The first-order valence-corrected chi connectivity index (χ1v) is 11.2. The summed E-state index contributed by atoms with van der Waals surface area (Å²) in [5.41, 5.74) is -7.36. The topological polar surface area (TPSA) is 115 Å². The molecule has 1 aromatic rings. The van der Waals surface area contributed by atoms with Gasteiger partial charge in [0.1, 0.15) is 17.0 Å². The number of aliphatic hydroxyl groups excluding tert-OH is 1. The van der Waals surface area contributed by atoms with Crippen molar-refractivity contribution >= 4 is 23.8 Å². The Morgan fingerprint density at radius 3 is 1.95 bits per heavy atom. The summed E-state index contributed by atoms with van der Waals surface area (Å²) in [6.07, 6.45) is -3.86. The summed E-state index contributed by atoms with van der Waals surface area (Å²) < 4.78 is 58.3. The summed E-state index contributed by atoms with van der Waals surface area (Å²) in [4.78, 5) is 43.1. The quantitative estimate of drug-likeness (QED) is 0.363. The van der Waals surface area contributed by atoms with E-state index in [-0.39, 0.29) is 17.1 Å². The second-order valence-corrected chi connectivity index (χ2v) is 10.6. The SMILES string of the molecule is COC(=O)c1nc(C2(C)C=C(O)C=CC2)c(C(F)(F)F)cc1N(C(=O)OC(C)(C)C)C(=O)OC(C)(C)C. The van der Waals surface area contributed by atoms with Crippen molar-refractivity contribution in [3.05, 3.63) is 47.0 Å². The summed E-state index contributed by atoms with van der Waals surface area (Å²) in [5, 5.41) is 9.97. The number of hydrogen-bond acceptors (Lipinski definition) is 8. The third kappa shape index (κ3) is 7.23. The molecule has 204 valence electrons. The first-order chi connectivity index (χ1) is 16.7. The first-order valence-electron chi connectivity index (χ1n) is 11.2. The molecule has 0 radical (unpaired) electrons. The van der Waals surface area contributed by atoms with Gasteiger partial charge in [0.2, 0.25) is 0 Å². The van der Waals surface area contributed by atoms with Crippen molar-refractivity contribution in [2.75, 3.05) is 12.0 Å². The third-order valence-electron chi connectivity index (χ3n) is 4.92. The number of anilines is 1. The highest BCUT2D eigenvalue weighted by molar-refractivity contribution is 6.13. The van der Waals surface area contributed by atoms with Crippen LogP contribution in [0.2, 0.25) is 0 Å². The van der Waals surface area contributed by atoms with Crippen LogP contribution in [-0.2, 0) is 25.8 Å². The van der Waals surface area contributed by atoms with E-state index in [1.165, 1.54) is 66.7 Å². The molecule has 0 aliphatic heterocycles. The lowest BCUT2D eigenvalue weighted by atomic mass is 9.77. The number of methoxy groups -OCH3 is 1. The van der Waals surface area contributed by atoms with E-state index in [1.807, 2.05) is 0 Å². The van der Waals surface area contributed by atoms with Crippen molar-refractivity contribution in [1.29, 1.82) is 0 Å². The molecule has 1 unspecified atom stereocenters. The third-order valence-corrected chi connectivity index (χ3v) is 4.92. The number of esters is 1. The van der Waals surface area contributed by atoms with Gasteiger partial charge in [-0.3, -0.25) is 0 Å². The van der Waals surface area contributed by atoms with E-state index in [2.05, 4.69) is 4.98 Å². The van der Waals surface area contributed by atoms with Crippen molar-refractivity contribution in [1.82, 2.24) is 4.98 Å². The number of aromatic nitrogens is 1. The molecule has 9 nitrogen and oxygen atoms in total. The molecule has 0 bridgehead atoms. The average Bonchev–Trinajstić information content (AvgIpc) is 2.69. The van der Waals surface area contributed by atoms with Crippen molar-refractivity contribution < 1.29 is 46.9 Å². The standard InChI is InChI=1S/C25H31F3N2O7/c1-22(2,3)36-20(33)30(21(34)37-23(4,5)6)16-12-15(25(26,27)28)18(29-17(16)19(32)35-8)24(7)11-9-10-14(31)13-24/h9-10,12-13,31H,11H2,1-8H3. The Labute approximate surface area is 212 Å². The van der Waals surface area contributed by atoms with Crippen molar-refractivity contribution in [2.24, 2.45) is 0 Å². The molecule has 0 saturated heterocycles. The maximum atomic E-state index is 14.4. The van der Waals surface area contributed by atoms with Crippen LogP contribution in [0.25, 0.3) is 0 Å². The van der Waals surface area contributed by atoms with E-state index in [0.29, 0.717) is 6.07 Å². The molecule has 0 fully saturated rings. The number of nitrogens with zero attached hydrogens (tertiary/aromatic N) is 2. The van der Waals surface area contributed by atoms with Crippen LogP contribution in [0.4, 0.5) is 28.4 Å². The molecule has 1 aliphatic carbocycles. The van der Waals surface area contributed by atoms with Gasteiger partial charge in [-0.1, -0.05) is 13.0 Å². The predicted molar refractivity (Wildman–Crippen MR) is 127 cm³/mol. The monoisotopic (exact) mass is 528 g/mol. The van der Waals surface area contributed by atoms with Crippen LogP contribution < -0.4 is 4.90 Å². The molecule has 12 heteroatoms. The predicted octanol–water partition coefficient (Wildman–Crippen LogP) is 6.22. The highest BCUT2D eigenvalue weighted by atomic mass is 19.4. The average molecular weight is 529 g/mol. The number of rotatable bonds is 3. The Bertz CT molecular complexity index is 1120. The van der Waals surface area contributed by atoms with Crippen LogP contribution in [0, 0.1) is 0 Å². The number of alkyl halides is 3.